The van der Waals surface area contributed by atoms with Crippen LogP contribution in [0.25, 0.3) is 0 Å². The number of benzene rings is 2. The molecule has 106 valence electrons. The van der Waals surface area contributed by atoms with Gasteiger partial charge in [-0.25, -0.2) is 0 Å². The molecule has 3 heteroatoms. The molecule has 2 rings (SSSR count). The molecule has 0 heterocycles. The molecule has 1 unspecified atom stereocenters. The molecule has 0 aliphatic heterocycles. The molecule has 0 amide bonds. The van der Waals surface area contributed by atoms with Gasteiger partial charge in [-0.1, -0.05) is 30.3 Å². The third-order valence-corrected chi connectivity index (χ3v) is 3.11. The van der Waals surface area contributed by atoms with Crippen LogP contribution < -0.4 is 9.64 Å². The maximum absolute atomic E-state index is 10.0. The largest absolute Gasteiger partial charge is 0.491 e. The molecule has 0 aliphatic carbocycles. The molecule has 0 saturated heterocycles. The Morgan fingerprint density at radius 3 is 2.55 bits per heavy atom. The molecular weight excluding hydrogens is 250 g/mol. The van der Waals surface area contributed by atoms with Crippen LogP contribution in [0.15, 0.2) is 54.6 Å². The number of ether oxygens (including phenoxy) is 1. The summed E-state index contributed by atoms with van der Waals surface area (Å²) in [6, 6.07) is 17.8. The fourth-order valence-corrected chi connectivity index (χ4v) is 2.05. The van der Waals surface area contributed by atoms with Crippen LogP contribution in [0, 0.1) is 6.92 Å². The highest BCUT2D eigenvalue weighted by molar-refractivity contribution is 5.45. The lowest BCUT2D eigenvalue weighted by atomic mass is 10.2. The lowest BCUT2D eigenvalue weighted by Crippen LogP contribution is -2.33. The zero-order valence-corrected chi connectivity index (χ0v) is 12.0. The minimum atomic E-state index is -0.527. The van der Waals surface area contributed by atoms with Gasteiger partial charge in [0, 0.05) is 19.3 Å². The first-order chi connectivity index (χ1) is 9.65. The Hall–Kier alpha value is -2.00. The van der Waals surface area contributed by atoms with E-state index in [9.17, 15) is 5.11 Å². The van der Waals surface area contributed by atoms with Gasteiger partial charge in [0.2, 0.25) is 0 Å². The van der Waals surface area contributed by atoms with Gasteiger partial charge in [0.1, 0.15) is 18.5 Å². The molecule has 2 aromatic rings. The Balaban J connectivity index is 1.82. The number of para-hydroxylation sites is 1. The predicted octanol–water partition coefficient (Wildman–Crippen LogP) is 2.87. The van der Waals surface area contributed by atoms with Gasteiger partial charge >= 0.3 is 0 Å². The van der Waals surface area contributed by atoms with Gasteiger partial charge in [0.25, 0.3) is 0 Å². The predicted molar refractivity (Wildman–Crippen MR) is 82.4 cm³/mol. The number of aliphatic hydroxyl groups excluding tert-OH is 1. The number of aryl methyl sites for hydroxylation is 1. The number of anilines is 1. The van der Waals surface area contributed by atoms with Gasteiger partial charge in [0.15, 0.2) is 0 Å². The summed E-state index contributed by atoms with van der Waals surface area (Å²) in [4.78, 5) is 2.02. The van der Waals surface area contributed by atoms with Crippen molar-refractivity contribution < 1.29 is 9.84 Å². The van der Waals surface area contributed by atoms with Crippen molar-refractivity contribution >= 4 is 5.69 Å². The summed E-state index contributed by atoms with van der Waals surface area (Å²) in [5, 5.41) is 10.0. The normalized spacial score (nSPS) is 11.9. The van der Waals surface area contributed by atoms with Gasteiger partial charge in [0.05, 0.1) is 0 Å². The Bertz CT molecular complexity index is 528. The van der Waals surface area contributed by atoms with Crippen LogP contribution in [-0.2, 0) is 0 Å². The van der Waals surface area contributed by atoms with Crippen molar-refractivity contribution in [1.82, 2.24) is 0 Å². The number of likely N-dealkylation sites (N-methyl/N-ethyl adjacent to an activating group) is 1. The van der Waals surface area contributed by atoms with E-state index in [0.29, 0.717) is 13.2 Å². The standard InChI is InChI=1S/C17H21NO2/c1-14-7-6-10-17(11-14)20-13-16(19)12-18(2)15-8-4-3-5-9-15/h3-11,16,19H,12-13H2,1-2H3. The average Bonchev–Trinajstić information content (AvgIpc) is 2.46. The quantitative estimate of drug-likeness (QED) is 0.877. The Labute approximate surface area is 120 Å². The lowest BCUT2D eigenvalue weighted by molar-refractivity contribution is 0.113. The van der Waals surface area contributed by atoms with E-state index in [1.165, 1.54) is 0 Å². The van der Waals surface area contributed by atoms with E-state index >= 15 is 0 Å². The molecule has 0 bridgehead atoms. The van der Waals surface area contributed by atoms with Crippen molar-refractivity contribution in [2.45, 2.75) is 13.0 Å². The minimum absolute atomic E-state index is 0.292. The first-order valence-corrected chi connectivity index (χ1v) is 6.79. The Morgan fingerprint density at radius 1 is 1.10 bits per heavy atom. The number of hydrogen-bond acceptors (Lipinski definition) is 3. The molecule has 2 aromatic carbocycles. The number of nitrogens with zero attached hydrogens (tertiary/aromatic N) is 1. The lowest BCUT2D eigenvalue weighted by Gasteiger charge is -2.22. The second kappa shape index (κ2) is 6.96. The van der Waals surface area contributed by atoms with E-state index in [4.69, 9.17) is 4.74 Å². The summed E-state index contributed by atoms with van der Waals surface area (Å²) >= 11 is 0. The van der Waals surface area contributed by atoms with Crippen molar-refractivity contribution in [1.29, 1.82) is 0 Å². The maximum atomic E-state index is 10.0. The van der Waals surface area contributed by atoms with Crippen LogP contribution in [0.4, 0.5) is 5.69 Å². The molecule has 0 radical (unpaired) electrons. The van der Waals surface area contributed by atoms with Crippen molar-refractivity contribution in [3.63, 3.8) is 0 Å². The van der Waals surface area contributed by atoms with Gasteiger partial charge in [-0.2, -0.15) is 0 Å². The third kappa shape index (κ3) is 4.28. The topological polar surface area (TPSA) is 32.7 Å². The van der Waals surface area contributed by atoms with Crippen LogP contribution in [0.5, 0.6) is 5.75 Å². The molecule has 0 saturated carbocycles. The molecular formula is C17H21NO2. The highest BCUT2D eigenvalue weighted by atomic mass is 16.5. The van der Waals surface area contributed by atoms with Gasteiger partial charge in [-0.3, -0.25) is 0 Å². The summed E-state index contributed by atoms with van der Waals surface area (Å²) in [5.74, 6) is 0.798. The van der Waals surface area contributed by atoms with Crippen molar-refractivity contribution in [3.05, 3.63) is 60.2 Å². The van der Waals surface area contributed by atoms with E-state index in [1.54, 1.807) is 0 Å². The van der Waals surface area contributed by atoms with Gasteiger partial charge in [-0.05, 0) is 36.8 Å². The second-order valence-electron chi connectivity index (χ2n) is 5.00. The number of rotatable bonds is 6. The first-order valence-electron chi connectivity index (χ1n) is 6.79. The number of hydrogen-bond donors (Lipinski definition) is 1. The van der Waals surface area contributed by atoms with Crippen LogP contribution in [0.3, 0.4) is 0 Å². The highest BCUT2D eigenvalue weighted by Gasteiger charge is 2.09. The Kier molecular flexibility index (Phi) is 5.02. The zero-order valence-electron chi connectivity index (χ0n) is 12.0. The zero-order chi connectivity index (χ0) is 14.4. The molecule has 1 atom stereocenters. The fourth-order valence-electron chi connectivity index (χ4n) is 2.05. The van der Waals surface area contributed by atoms with E-state index in [-0.39, 0.29) is 0 Å². The monoisotopic (exact) mass is 271 g/mol. The second-order valence-corrected chi connectivity index (χ2v) is 5.00. The van der Waals surface area contributed by atoms with Crippen LogP contribution in [0.1, 0.15) is 5.56 Å². The van der Waals surface area contributed by atoms with E-state index in [1.807, 2.05) is 73.5 Å². The summed E-state index contributed by atoms with van der Waals surface area (Å²) in [5.41, 5.74) is 2.24. The van der Waals surface area contributed by atoms with E-state index in [2.05, 4.69) is 0 Å². The number of aliphatic hydroxyl groups is 1. The van der Waals surface area contributed by atoms with E-state index < -0.39 is 6.10 Å². The first kappa shape index (κ1) is 14.4. The molecule has 0 fully saturated rings. The fraction of sp³-hybridized carbons (Fsp3) is 0.294. The van der Waals surface area contributed by atoms with Crippen molar-refractivity contribution in [3.8, 4) is 5.75 Å². The molecule has 1 N–H and O–H groups in total. The highest BCUT2D eigenvalue weighted by Crippen LogP contribution is 2.14. The van der Waals surface area contributed by atoms with Crippen LogP contribution in [0.2, 0.25) is 0 Å². The van der Waals surface area contributed by atoms with Gasteiger partial charge in [-0.15, -0.1) is 0 Å². The summed E-state index contributed by atoms with van der Waals surface area (Å²) in [7, 11) is 1.96. The third-order valence-electron chi connectivity index (χ3n) is 3.11. The molecule has 0 spiro atoms. The molecule has 3 nitrogen and oxygen atoms in total. The minimum Gasteiger partial charge on any atom is -0.491 e. The van der Waals surface area contributed by atoms with Crippen LogP contribution >= 0.6 is 0 Å². The van der Waals surface area contributed by atoms with Crippen LogP contribution in [-0.4, -0.2) is 31.4 Å². The van der Waals surface area contributed by atoms with Crippen molar-refractivity contribution in [2.24, 2.45) is 0 Å². The molecule has 20 heavy (non-hydrogen) atoms. The summed E-state index contributed by atoms with van der Waals surface area (Å²) < 4.78 is 5.61. The maximum Gasteiger partial charge on any atom is 0.119 e. The Morgan fingerprint density at radius 2 is 1.85 bits per heavy atom. The average molecular weight is 271 g/mol. The molecule has 0 aliphatic rings. The summed E-state index contributed by atoms with van der Waals surface area (Å²) in [6.07, 6.45) is -0.527. The van der Waals surface area contributed by atoms with E-state index in [0.717, 1.165) is 17.0 Å². The molecule has 0 aromatic heterocycles. The van der Waals surface area contributed by atoms with Crippen molar-refractivity contribution in [2.75, 3.05) is 25.1 Å². The smallest absolute Gasteiger partial charge is 0.119 e. The summed E-state index contributed by atoms with van der Waals surface area (Å²) in [6.45, 7) is 2.85. The van der Waals surface area contributed by atoms with Gasteiger partial charge < -0.3 is 14.7 Å². The SMILES string of the molecule is Cc1cccc(OCC(O)CN(C)c2ccccc2)c1.